The number of nitrogens with one attached hydrogen (secondary N) is 1. The average molecular weight is 169 g/mol. The third kappa shape index (κ3) is 2.95. The van der Waals surface area contributed by atoms with E-state index in [0.29, 0.717) is 0 Å². The van der Waals surface area contributed by atoms with Gasteiger partial charge in [0.1, 0.15) is 0 Å². The molecule has 0 saturated heterocycles. The maximum absolute atomic E-state index is 9.69. The molecule has 1 aliphatic carbocycles. The predicted molar refractivity (Wildman–Crippen MR) is 51.1 cm³/mol. The molecule has 0 unspecified atom stereocenters. The van der Waals surface area contributed by atoms with Crippen molar-refractivity contribution in [1.82, 2.24) is 5.32 Å². The minimum absolute atomic E-state index is 0.380. The fourth-order valence-corrected chi connectivity index (χ4v) is 1.38. The summed E-state index contributed by atoms with van der Waals surface area (Å²) < 4.78 is 0. The topological polar surface area (TPSA) is 32.3 Å². The standard InChI is InChI=1S/C10H19NO/c1-9(2)4-7-11-8-10(12)5-3-6-10/h11-12H,1,3-8H2,2H3. The lowest BCUT2D eigenvalue weighted by Gasteiger charge is -2.36. The number of hydrogen-bond donors (Lipinski definition) is 2. The molecule has 0 heterocycles. The van der Waals surface area contributed by atoms with Crippen LogP contribution in [0.15, 0.2) is 12.2 Å². The van der Waals surface area contributed by atoms with Crippen LogP contribution in [0.5, 0.6) is 0 Å². The fourth-order valence-electron chi connectivity index (χ4n) is 1.38. The van der Waals surface area contributed by atoms with Gasteiger partial charge in [0.15, 0.2) is 0 Å². The fraction of sp³-hybridized carbons (Fsp3) is 0.800. The van der Waals surface area contributed by atoms with Crippen molar-refractivity contribution in [2.24, 2.45) is 0 Å². The van der Waals surface area contributed by atoms with Crippen molar-refractivity contribution in [3.63, 3.8) is 0 Å². The lowest BCUT2D eigenvalue weighted by Crippen LogP contribution is -2.46. The van der Waals surface area contributed by atoms with Crippen molar-refractivity contribution in [3.05, 3.63) is 12.2 Å². The molecule has 1 saturated carbocycles. The molecule has 1 rings (SSSR count). The van der Waals surface area contributed by atoms with E-state index >= 15 is 0 Å². The van der Waals surface area contributed by atoms with Gasteiger partial charge in [0.05, 0.1) is 5.60 Å². The Bertz CT molecular complexity index is 161. The summed E-state index contributed by atoms with van der Waals surface area (Å²) in [6.07, 6.45) is 4.12. The van der Waals surface area contributed by atoms with Crippen LogP contribution in [-0.2, 0) is 0 Å². The molecule has 0 amide bonds. The Labute approximate surface area is 74.7 Å². The molecule has 0 radical (unpaired) electrons. The first-order valence-electron chi connectivity index (χ1n) is 4.70. The molecule has 1 fully saturated rings. The van der Waals surface area contributed by atoms with Crippen LogP contribution < -0.4 is 5.32 Å². The molecule has 0 aromatic heterocycles. The van der Waals surface area contributed by atoms with Gasteiger partial charge in [0.25, 0.3) is 0 Å². The van der Waals surface area contributed by atoms with Gasteiger partial charge >= 0.3 is 0 Å². The Balaban J connectivity index is 1.98. The van der Waals surface area contributed by atoms with E-state index in [4.69, 9.17) is 0 Å². The maximum Gasteiger partial charge on any atom is 0.0771 e. The summed E-state index contributed by atoms with van der Waals surface area (Å²) in [6, 6.07) is 0. The van der Waals surface area contributed by atoms with Gasteiger partial charge < -0.3 is 10.4 Å². The Morgan fingerprint density at radius 2 is 2.25 bits per heavy atom. The highest BCUT2D eigenvalue weighted by molar-refractivity contribution is 4.91. The quantitative estimate of drug-likeness (QED) is 0.482. The van der Waals surface area contributed by atoms with Crippen LogP contribution in [0.4, 0.5) is 0 Å². The molecule has 12 heavy (non-hydrogen) atoms. The highest BCUT2D eigenvalue weighted by Crippen LogP contribution is 2.30. The summed E-state index contributed by atoms with van der Waals surface area (Å²) in [7, 11) is 0. The smallest absolute Gasteiger partial charge is 0.0771 e. The van der Waals surface area contributed by atoms with Gasteiger partial charge in [-0.15, -0.1) is 6.58 Å². The Morgan fingerprint density at radius 3 is 2.67 bits per heavy atom. The lowest BCUT2D eigenvalue weighted by atomic mass is 9.80. The second-order valence-electron chi connectivity index (χ2n) is 3.96. The molecule has 0 aromatic rings. The van der Waals surface area contributed by atoms with Crippen LogP contribution >= 0.6 is 0 Å². The van der Waals surface area contributed by atoms with Crippen molar-refractivity contribution >= 4 is 0 Å². The van der Waals surface area contributed by atoms with Gasteiger partial charge in [-0.1, -0.05) is 5.57 Å². The number of hydrogen-bond acceptors (Lipinski definition) is 2. The summed E-state index contributed by atoms with van der Waals surface area (Å²) in [5.41, 5.74) is 0.817. The first kappa shape index (κ1) is 9.75. The van der Waals surface area contributed by atoms with Crippen LogP contribution in [0.1, 0.15) is 32.6 Å². The highest BCUT2D eigenvalue weighted by Gasteiger charge is 2.33. The normalized spacial score (nSPS) is 20.2. The van der Waals surface area contributed by atoms with Crippen LogP contribution in [0.3, 0.4) is 0 Å². The summed E-state index contributed by atoms with van der Waals surface area (Å²) in [5, 5.41) is 12.9. The van der Waals surface area contributed by atoms with Gasteiger partial charge in [-0.3, -0.25) is 0 Å². The van der Waals surface area contributed by atoms with Crippen molar-refractivity contribution in [3.8, 4) is 0 Å². The molecule has 0 spiro atoms. The molecular formula is C10H19NO. The SMILES string of the molecule is C=C(C)CCNCC1(O)CCC1. The maximum atomic E-state index is 9.69. The van der Waals surface area contributed by atoms with E-state index in [1.165, 1.54) is 12.0 Å². The first-order valence-corrected chi connectivity index (χ1v) is 4.70. The number of aliphatic hydroxyl groups is 1. The largest absolute Gasteiger partial charge is 0.389 e. The minimum atomic E-state index is -0.380. The van der Waals surface area contributed by atoms with E-state index in [1.807, 2.05) is 6.92 Å². The first-order chi connectivity index (χ1) is 5.62. The molecule has 1 aliphatic rings. The lowest BCUT2D eigenvalue weighted by molar-refractivity contribution is -0.0310. The van der Waals surface area contributed by atoms with E-state index in [1.54, 1.807) is 0 Å². The van der Waals surface area contributed by atoms with Gasteiger partial charge in [-0.25, -0.2) is 0 Å². The molecule has 2 N–H and O–H groups in total. The average Bonchev–Trinajstić information content (AvgIpc) is 1.94. The zero-order valence-electron chi connectivity index (χ0n) is 7.90. The van der Waals surface area contributed by atoms with Gasteiger partial charge in [0.2, 0.25) is 0 Å². The van der Waals surface area contributed by atoms with E-state index in [-0.39, 0.29) is 5.60 Å². The minimum Gasteiger partial charge on any atom is -0.389 e. The zero-order valence-corrected chi connectivity index (χ0v) is 7.90. The predicted octanol–water partition coefficient (Wildman–Crippen LogP) is 1.46. The van der Waals surface area contributed by atoms with Crippen molar-refractivity contribution in [1.29, 1.82) is 0 Å². The second kappa shape index (κ2) is 4.06. The monoisotopic (exact) mass is 169 g/mol. The van der Waals surface area contributed by atoms with Crippen molar-refractivity contribution < 1.29 is 5.11 Å². The highest BCUT2D eigenvalue weighted by atomic mass is 16.3. The molecule has 2 nitrogen and oxygen atoms in total. The third-order valence-corrected chi connectivity index (χ3v) is 2.47. The van der Waals surface area contributed by atoms with E-state index in [2.05, 4.69) is 11.9 Å². The van der Waals surface area contributed by atoms with Crippen molar-refractivity contribution in [2.75, 3.05) is 13.1 Å². The summed E-state index contributed by atoms with van der Waals surface area (Å²) in [6.45, 7) is 7.54. The van der Waals surface area contributed by atoms with E-state index < -0.39 is 0 Å². The second-order valence-corrected chi connectivity index (χ2v) is 3.96. The summed E-state index contributed by atoms with van der Waals surface area (Å²) >= 11 is 0. The molecule has 0 aliphatic heterocycles. The molecule has 0 aromatic carbocycles. The van der Waals surface area contributed by atoms with Gasteiger partial charge in [-0.05, 0) is 39.2 Å². The van der Waals surface area contributed by atoms with Crippen LogP contribution in [0.2, 0.25) is 0 Å². The van der Waals surface area contributed by atoms with Crippen LogP contribution in [0, 0.1) is 0 Å². The van der Waals surface area contributed by atoms with Crippen molar-refractivity contribution in [2.45, 2.75) is 38.2 Å². The van der Waals surface area contributed by atoms with Gasteiger partial charge in [0, 0.05) is 6.54 Å². The van der Waals surface area contributed by atoms with E-state index in [0.717, 1.165) is 32.4 Å². The Hall–Kier alpha value is -0.340. The Kier molecular flexibility index (Phi) is 3.29. The van der Waals surface area contributed by atoms with Crippen LogP contribution in [-0.4, -0.2) is 23.8 Å². The molecule has 2 heteroatoms. The van der Waals surface area contributed by atoms with Crippen LogP contribution in [0.25, 0.3) is 0 Å². The molecule has 70 valence electrons. The van der Waals surface area contributed by atoms with Gasteiger partial charge in [-0.2, -0.15) is 0 Å². The molecular weight excluding hydrogens is 150 g/mol. The number of rotatable bonds is 5. The Morgan fingerprint density at radius 1 is 1.58 bits per heavy atom. The molecule has 0 bridgehead atoms. The summed E-state index contributed by atoms with van der Waals surface area (Å²) in [5.74, 6) is 0. The third-order valence-electron chi connectivity index (χ3n) is 2.47. The zero-order chi connectivity index (χ0) is 9.03. The molecule has 0 atom stereocenters. The summed E-state index contributed by atoms with van der Waals surface area (Å²) in [4.78, 5) is 0. The van der Waals surface area contributed by atoms with E-state index in [9.17, 15) is 5.11 Å².